The Labute approximate surface area is 119 Å². The maximum Gasteiger partial charge on any atom is 0.181 e. The van der Waals surface area contributed by atoms with E-state index in [0.29, 0.717) is 10.2 Å². The van der Waals surface area contributed by atoms with Crippen LogP contribution in [0.5, 0.6) is 5.75 Å². The fraction of sp³-hybridized carbons (Fsp3) is 0.0714. The lowest BCUT2D eigenvalue weighted by atomic mass is 10.0. The number of rotatable bonds is 2. The molecule has 0 atom stereocenters. The summed E-state index contributed by atoms with van der Waals surface area (Å²) >= 11 is 7.70. The maximum absolute atomic E-state index is 6.26. The second-order valence-corrected chi connectivity index (χ2v) is 5.46. The van der Waals surface area contributed by atoms with Gasteiger partial charge in [-0.1, -0.05) is 41.1 Å². The van der Waals surface area contributed by atoms with E-state index in [2.05, 4.69) is 4.98 Å². The highest BCUT2D eigenvalue weighted by Crippen LogP contribution is 2.40. The van der Waals surface area contributed by atoms with E-state index in [9.17, 15) is 0 Å². The van der Waals surface area contributed by atoms with E-state index in [4.69, 9.17) is 22.1 Å². The van der Waals surface area contributed by atoms with Crippen LogP contribution < -0.4 is 10.5 Å². The predicted octanol–water partition coefficient (Wildman–Crippen LogP) is 4.21. The van der Waals surface area contributed by atoms with E-state index in [-0.39, 0.29) is 0 Å². The summed E-state index contributed by atoms with van der Waals surface area (Å²) in [7, 11) is 1.62. The molecule has 3 nitrogen and oxygen atoms in total. The van der Waals surface area contributed by atoms with Crippen LogP contribution in [-0.2, 0) is 0 Å². The third-order valence-electron chi connectivity index (χ3n) is 2.91. The molecule has 2 aromatic carbocycles. The lowest BCUT2D eigenvalue weighted by Crippen LogP contribution is -1.87. The molecule has 0 amide bonds. The zero-order valence-corrected chi connectivity index (χ0v) is 11.8. The Balaban J connectivity index is 2.34. The summed E-state index contributed by atoms with van der Waals surface area (Å²) in [6.45, 7) is 0. The van der Waals surface area contributed by atoms with Crippen LogP contribution in [0.2, 0.25) is 5.02 Å². The van der Waals surface area contributed by atoms with Crippen LogP contribution >= 0.6 is 22.9 Å². The molecule has 0 aliphatic carbocycles. The van der Waals surface area contributed by atoms with Crippen molar-refractivity contribution in [2.45, 2.75) is 0 Å². The van der Waals surface area contributed by atoms with Crippen LogP contribution in [0.3, 0.4) is 0 Å². The first-order chi connectivity index (χ1) is 9.20. The summed E-state index contributed by atoms with van der Waals surface area (Å²) in [5, 5.41) is 1.23. The number of ether oxygens (including phenoxy) is 1. The number of hydrogen-bond acceptors (Lipinski definition) is 4. The molecule has 2 N–H and O–H groups in total. The summed E-state index contributed by atoms with van der Waals surface area (Å²) in [4.78, 5) is 4.33. The minimum Gasteiger partial charge on any atom is -0.494 e. The standard InChI is InChI=1S/C14H11ClN2OS/c1-18-11-7-6-9(8-4-2-3-5-10(8)15)13-12(11)17-14(16)19-13/h2-7H,1H3,(H2,16,17). The van der Waals surface area contributed by atoms with Gasteiger partial charge in [-0.3, -0.25) is 0 Å². The second kappa shape index (κ2) is 4.72. The van der Waals surface area contributed by atoms with E-state index in [1.165, 1.54) is 11.3 Å². The Morgan fingerprint density at radius 3 is 2.68 bits per heavy atom. The lowest BCUT2D eigenvalue weighted by molar-refractivity contribution is 0.419. The number of nitrogen functional groups attached to an aromatic ring is 1. The Morgan fingerprint density at radius 2 is 1.95 bits per heavy atom. The van der Waals surface area contributed by atoms with Gasteiger partial charge < -0.3 is 10.5 Å². The first-order valence-corrected chi connectivity index (χ1v) is 6.88. The quantitative estimate of drug-likeness (QED) is 0.769. The molecule has 0 aliphatic heterocycles. The molecule has 5 heteroatoms. The van der Waals surface area contributed by atoms with Crippen molar-refractivity contribution in [3.05, 3.63) is 41.4 Å². The predicted molar refractivity (Wildman–Crippen MR) is 81.0 cm³/mol. The normalized spacial score (nSPS) is 10.8. The SMILES string of the molecule is COc1ccc(-c2ccccc2Cl)c2sc(N)nc12. The molecule has 0 radical (unpaired) electrons. The molecule has 0 aliphatic rings. The summed E-state index contributed by atoms with van der Waals surface area (Å²) in [5.41, 5.74) is 8.59. The molecule has 3 aromatic rings. The lowest BCUT2D eigenvalue weighted by Gasteiger charge is -2.07. The smallest absolute Gasteiger partial charge is 0.181 e. The van der Waals surface area contributed by atoms with E-state index in [1.54, 1.807) is 7.11 Å². The molecule has 19 heavy (non-hydrogen) atoms. The van der Waals surface area contributed by atoms with Gasteiger partial charge in [0.2, 0.25) is 0 Å². The van der Waals surface area contributed by atoms with Crippen molar-refractivity contribution in [2.24, 2.45) is 0 Å². The number of nitrogens with zero attached hydrogens (tertiary/aromatic N) is 1. The summed E-state index contributed by atoms with van der Waals surface area (Å²) < 4.78 is 6.31. The van der Waals surface area contributed by atoms with Crippen molar-refractivity contribution in [3.63, 3.8) is 0 Å². The third-order valence-corrected chi connectivity index (χ3v) is 4.15. The molecular formula is C14H11ClN2OS. The molecule has 0 fully saturated rings. The fourth-order valence-corrected chi connectivity index (χ4v) is 3.17. The van der Waals surface area contributed by atoms with Gasteiger partial charge in [-0.2, -0.15) is 0 Å². The molecule has 1 heterocycles. The molecule has 0 saturated heterocycles. The van der Waals surface area contributed by atoms with Crippen LogP contribution in [0.1, 0.15) is 0 Å². The number of benzene rings is 2. The topological polar surface area (TPSA) is 48.1 Å². The van der Waals surface area contributed by atoms with Crippen LogP contribution in [0.4, 0.5) is 5.13 Å². The highest BCUT2D eigenvalue weighted by atomic mass is 35.5. The van der Waals surface area contributed by atoms with E-state index < -0.39 is 0 Å². The molecule has 0 bridgehead atoms. The number of hydrogen-bond donors (Lipinski definition) is 1. The molecule has 0 unspecified atom stereocenters. The van der Waals surface area contributed by atoms with E-state index in [1.807, 2.05) is 36.4 Å². The van der Waals surface area contributed by atoms with Gasteiger partial charge in [0.05, 0.1) is 11.8 Å². The van der Waals surface area contributed by atoms with Crippen LogP contribution in [-0.4, -0.2) is 12.1 Å². The van der Waals surface area contributed by atoms with Crippen LogP contribution in [0.25, 0.3) is 21.3 Å². The summed E-state index contributed by atoms with van der Waals surface area (Å²) in [5.74, 6) is 0.721. The first-order valence-electron chi connectivity index (χ1n) is 5.68. The first kappa shape index (κ1) is 12.3. The van der Waals surface area contributed by atoms with Gasteiger partial charge in [0, 0.05) is 16.1 Å². The van der Waals surface area contributed by atoms with Gasteiger partial charge in [0.25, 0.3) is 0 Å². The number of nitrogens with two attached hydrogens (primary N) is 1. The van der Waals surface area contributed by atoms with Crippen molar-refractivity contribution in [3.8, 4) is 16.9 Å². The summed E-state index contributed by atoms with van der Waals surface area (Å²) in [6, 6.07) is 11.6. The van der Waals surface area contributed by atoms with Gasteiger partial charge in [-0.05, 0) is 18.2 Å². The van der Waals surface area contributed by atoms with Crippen LogP contribution in [0, 0.1) is 0 Å². The number of anilines is 1. The fourth-order valence-electron chi connectivity index (χ4n) is 2.06. The summed E-state index contributed by atoms with van der Waals surface area (Å²) in [6.07, 6.45) is 0. The zero-order valence-electron chi connectivity index (χ0n) is 10.2. The highest BCUT2D eigenvalue weighted by molar-refractivity contribution is 7.22. The van der Waals surface area contributed by atoms with Crippen molar-refractivity contribution < 1.29 is 4.74 Å². The Morgan fingerprint density at radius 1 is 1.16 bits per heavy atom. The van der Waals surface area contributed by atoms with E-state index >= 15 is 0 Å². The number of fused-ring (bicyclic) bond motifs is 1. The highest BCUT2D eigenvalue weighted by Gasteiger charge is 2.14. The number of methoxy groups -OCH3 is 1. The second-order valence-electron chi connectivity index (χ2n) is 4.03. The average molecular weight is 291 g/mol. The van der Waals surface area contributed by atoms with Crippen molar-refractivity contribution >= 4 is 38.3 Å². The van der Waals surface area contributed by atoms with Crippen molar-refractivity contribution in [1.29, 1.82) is 0 Å². The largest absolute Gasteiger partial charge is 0.494 e. The minimum atomic E-state index is 0.521. The van der Waals surface area contributed by atoms with Gasteiger partial charge in [0.15, 0.2) is 5.13 Å². The van der Waals surface area contributed by atoms with Gasteiger partial charge >= 0.3 is 0 Å². The molecule has 3 rings (SSSR count). The zero-order chi connectivity index (χ0) is 13.4. The number of thiazole rings is 1. The van der Waals surface area contributed by atoms with Crippen LogP contribution in [0.15, 0.2) is 36.4 Å². The Hall–Kier alpha value is -1.78. The van der Waals surface area contributed by atoms with Crippen molar-refractivity contribution in [1.82, 2.24) is 4.98 Å². The molecule has 0 spiro atoms. The Kier molecular flexibility index (Phi) is 3.05. The third kappa shape index (κ3) is 2.03. The molecule has 1 aromatic heterocycles. The number of aromatic nitrogens is 1. The van der Waals surface area contributed by atoms with E-state index in [0.717, 1.165) is 27.1 Å². The van der Waals surface area contributed by atoms with Gasteiger partial charge in [0.1, 0.15) is 11.3 Å². The van der Waals surface area contributed by atoms with Gasteiger partial charge in [-0.25, -0.2) is 4.98 Å². The minimum absolute atomic E-state index is 0.521. The Bertz CT molecular complexity index is 754. The molecule has 0 saturated carbocycles. The maximum atomic E-state index is 6.26. The molecule has 96 valence electrons. The number of halogens is 1. The van der Waals surface area contributed by atoms with Gasteiger partial charge in [-0.15, -0.1) is 0 Å². The van der Waals surface area contributed by atoms with Crippen molar-refractivity contribution in [2.75, 3.05) is 12.8 Å². The average Bonchev–Trinajstić information content (AvgIpc) is 2.80. The monoisotopic (exact) mass is 290 g/mol. The molecular weight excluding hydrogens is 280 g/mol.